The molecule has 3 rings (SSSR count). The molecule has 0 bridgehead atoms. The van der Waals surface area contributed by atoms with Gasteiger partial charge in [-0.25, -0.2) is 4.79 Å². The van der Waals surface area contributed by atoms with Crippen LogP contribution in [0.5, 0.6) is 5.75 Å². The van der Waals surface area contributed by atoms with Crippen LogP contribution in [0.4, 0.5) is 0 Å². The van der Waals surface area contributed by atoms with Crippen LogP contribution in [0.3, 0.4) is 0 Å². The van der Waals surface area contributed by atoms with E-state index in [0.717, 1.165) is 5.56 Å². The van der Waals surface area contributed by atoms with Crippen LogP contribution in [-0.2, 0) is 4.74 Å². The summed E-state index contributed by atoms with van der Waals surface area (Å²) in [5.74, 6) is 0.248. The maximum atomic E-state index is 12.0. The van der Waals surface area contributed by atoms with Crippen LogP contribution in [0.15, 0.2) is 54.6 Å². The third-order valence-corrected chi connectivity index (χ3v) is 2.92. The van der Waals surface area contributed by atoms with Gasteiger partial charge in [0.15, 0.2) is 6.10 Å². The van der Waals surface area contributed by atoms with E-state index in [0.29, 0.717) is 17.9 Å². The second-order valence-corrected chi connectivity index (χ2v) is 4.11. The fourth-order valence-electron chi connectivity index (χ4n) is 1.99. The Hall–Kier alpha value is -2.29. The van der Waals surface area contributed by atoms with Gasteiger partial charge < -0.3 is 9.47 Å². The molecule has 0 saturated carbocycles. The number of esters is 1. The molecule has 1 heterocycles. The highest BCUT2D eigenvalue weighted by Gasteiger charge is 2.25. The number of rotatable bonds is 1. The van der Waals surface area contributed by atoms with Crippen molar-refractivity contribution >= 4 is 5.97 Å². The lowest BCUT2D eigenvalue weighted by atomic mass is 10.1. The summed E-state index contributed by atoms with van der Waals surface area (Å²) in [6, 6.07) is 16.8. The van der Waals surface area contributed by atoms with E-state index < -0.39 is 0 Å². The number of carbonyl (C=O) groups excluding carboxylic acids is 1. The van der Waals surface area contributed by atoms with Crippen molar-refractivity contribution in [2.75, 3.05) is 6.61 Å². The summed E-state index contributed by atoms with van der Waals surface area (Å²) in [6.07, 6.45) is -0.355. The molecule has 0 radical (unpaired) electrons. The maximum absolute atomic E-state index is 12.0. The van der Waals surface area contributed by atoms with Crippen molar-refractivity contribution in [3.8, 4) is 5.75 Å². The minimum Gasteiger partial charge on any atom is -0.488 e. The number of cyclic esters (lactones) is 1. The lowest BCUT2D eigenvalue weighted by Gasteiger charge is -2.14. The van der Waals surface area contributed by atoms with Crippen LogP contribution in [0.1, 0.15) is 22.0 Å². The Bertz CT molecular complexity index is 563. The standard InChI is InChI=1S/C15H12O3/c16-15-12-8-4-5-9-13(12)17-10-14(18-15)11-6-2-1-3-7-11/h1-9,14H,10H2. The van der Waals surface area contributed by atoms with Gasteiger partial charge in [-0.1, -0.05) is 42.5 Å². The topological polar surface area (TPSA) is 35.5 Å². The zero-order valence-corrected chi connectivity index (χ0v) is 9.71. The maximum Gasteiger partial charge on any atom is 0.342 e. The first-order valence-corrected chi connectivity index (χ1v) is 5.82. The molecule has 90 valence electrons. The number of para-hydroxylation sites is 1. The van der Waals surface area contributed by atoms with Gasteiger partial charge in [-0.15, -0.1) is 0 Å². The number of hydrogen-bond donors (Lipinski definition) is 0. The number of fused-ring (bicyclic) bond motifs is 1. The molecular formula is C15H12O3. The summed E-state index contributed by atoms with van der Waals surface area (Å²) in [7, 11) is 0. The van der Waals surface area contributed by atoms with Crippen LogP contribution in [0.2, 0.25) is 0 Å². The Morgan fingerprint density at radius 2 is 1.67 bits per heavy atom. The minimum atomic E-state index is -0.355. The predicted octanol–water partition coefficient (Wildman–Crippen LogP) is 2.98. The van der Waals surface area contributed by atoms with E-state index in [4.69, 9.17) is 9.47 Å². The van der Waals surface area contributed by atoms with E-state index >= 15 is 0 Å². The summed E-state index contributed by atoms with van der Waals surface area (Å²) >= 11 is 0. The summed E-state index contributed by atoms with van der Waals surface area (Å²) < 4.78 is 11.1. The van der Waals surface area contributed by atoms with E-state index in [1.807, 2.05) is 36.4 Å². The normalized spacial score (nSPS) is 18.2. The molecule has 0 spiro atoms. The molecule has 1 atom stereocenters. The highest BCUT2D eigenvalue weighted by molar-refractivity contribution is 5.92. The van der Waals surface area contributed by atoms with Gasteiger partial charge in [0.25, 0.3) is 0 Å². The SMILES string of the molecule is O=C1OC(c2ccccc2)COc2ccccc21. The number of ether oxygens (including phenoxy) is 2. The lowest BCUT2D eigenvalue weighted by Crippen LogP contribution is -2.13. The highest BCUT2D eigenvalue weighted by atomic mass is 16.6. The van der Waals surface area contributed by atoms with E-state index in [-0.39, 0.29) is 12.1 Å². The van der Waals surface area contributed by atoms with E-state index in [1.165, 1.54) is 0 Å². The zero-order valence-electron chi connectivity index (χ0n) is 9.71. The van der Waals surface area contributed by atoms with Gasteiger partial charge in [-0.05, 0) is 17.7 Å². The Kier molecular flexibility index (Phi) is 2.73. The van der Waals surface area contributed by atoms with Crippen molar-refractivity contribution in [1.82, 2.24) is 0 Å². The third-order valence-electron chi connectivity index (χ3n) is 2.92. The van der Waals surface area contributed by atoms with E-state index in [9.17, 15) is 4.79 Å². The fraction of sp³-hybridized carbons (Fsp3) is 0.133. The molecule has 0 fully saturated rings. The first-order valence-electron chi connectivity index (χ1n) is 5.82. The van der Waals surface area contributed by atoms with Gasteiger partial charge in [-0.2, -0.15) is 0 Å². The molecule has 0 aromatic heterocycles. The highest BCUT2D eigenvalue weighted by Crippen LogP contribution is 2.28. The van der Waals surface area contributed by atoms with Crippen LogP contribution >= 0.6 is 0 Å². The van der Waals surface area contributed by atoms with Gasteiger partial charge in [0, 0.05) is 0 Å². The Balaban J connectivity index is 1.91. The molecule has 0 N–H and O–H groups in total. The molecule has 2 aromatic rings. The first-order chi connectivity index (χ1) is 8.84. The van der Waals surface area contributed by atoms with Crippen LogP contribution < -0.4 is 4.74 Å². The average Bonchev–Trinajstić information content (AvgIpc) is 2.60. The smallest absolute Gasteiger partial charge is 0.342 e. The minimum absolute atomic E-state index is 0.336. The number of carbonyl (C=O) groups is 1. The quantitative estimate of drug-likeness (QED) is 0.719. The Labute approximate surface area is 105 Å². The third kappa shape index (κ3) is 1.95. The molecule has 3 nitrogen and oxygen atoms in total. The van der Waals surface area contributed by atoms with Crippen molar-refractivity contribution in [2.45, 2.75) is 6.10 Å². The van der Waals surface area contributed by atoms with Crippen LogP contribution in [-0.4, -0.2) is 12.6 Å². The Morgan fingerprint density at radius 1 is 0.944 bits per heavy atom. The van der Waals surface area contributed by atoms with Crippen LogP contribution in [0.25, 0.3) is 0 Å². The van der Waals surface area contributed by atoms with Crippen molar-refractivity contribution in [3.63, 3.8) is 0 Å². The summed E-state index contributed by atoms with van der Waals surface area (Å²) in [6.45, 7) is 0.340. The molecule has 18 heavy (non-hydrogen) atoms. The molecular weight excluding hydrogens is 228 g/mol. The Morgan fingerprint density at radius 3 is 2.50 bits per heavy atom. The van der Waals surface area contributed by atoms with Gasteiger partial charge >= 0.3 is 5.97 Å². The zero-order chi connectivity index (χ0) is 12.4. The molecule has 3 heteroatoms. The molecule has 1 aliphatic heterocycles. The van der Waals surface area contributed by atoms with Gasteiger partial charge in [-0.3, -0.25) is 0 Å². The molecule has 0 amide bonds. The molecule has 1 unspecified atom stereocenters. The van der Waals surface area contributed by atoms with E-state index in [1.54, 1.807) is 18.2 Å². The summed E-state index contributed by atoms with van der Waals surface area (Å²) in [5.41, 5.74) is 1.43. The summed E-state index contributed by atoms with van der Waals surface area (Å²) in [4.78, 5) is 12.0. The van der Waals surface area contributed by atoms with Gasteiger partial charge in [0.05, 0.1) is 0 Å². The van der Waals surface area contributed by atoms with Crippen molar-refractivity contribution in [3.05, 3.63) is 65.7 Å². The average molecular weight is 240 g/mol. The number of hydrogen-bond acceptors (Lipinski definition) is 3. The second-order valence-electron chi connectivity index (χ2n) is 4.11. The number of benzene rings is 2. The predicted molar refractivity (Wildman–Crippen MR) is 66.5 cm³/mol. The molecule has 0 aliphatic carbocycles. The fourth-order valence-corrected chi connectivity index (χ4v) is 1.99. The monoisotopic (exact) mass is 240 g/mol. The van der Waals surface area contributed by atoms with E-state index in [2.05, 4.69) is 0 Å². The van der Waals surface area contributed by atoms with Crippen molar-refractivity contribution in [1.29, 1.82) is 0 Å². The second kappa shape index (κ2) is 4.53. The molecule has 2 aromatic carbocycles. The summed E-state index contributed by atoms with van der Waals surface area (Å²) in [5, 5.41) is 0. The molecule has 0 saturated heterocycles. The largest absolute Gasteiger partial charge is 0.488 e. The van der Waals surface area contributed by atoms with Crippen molar-refractivity contribution < 1.29 is 14.3 Å². The van der Waals surface area contributed by atoms with Crippen LogP contribution in [0, 0.1) is 0 Å². The van der Waals surface area contributed by atoms with Gasteiger partial charge in [0.2, 0.25) is 0 Å². The lowest BCUT2D eigenvalue weighted by molar-refractivity contribution is 0.0231. The molecule has 1 aliphatic rings. The first kappa shape index (κ1) is 10.8. The van der Waals surface area contributed by atoms with Gasteiger partial charge in [0.1, 0.15) is 17.9 Å². The van der Waals surface area contributed by atoms with Crippen molar-refractivity contribution in [2.24, 2.45) is 0 Å².